The zero-order valence-electron chi connectivity index (χ0n) is 11.0. The number of hydrogen-bond donors (Lipinski definition) is 0. The van der Waals surface area contributed by atoms with Gasteiger partial charge in [0, 0.05) is 0 Å². The molecule has 1 aromatic carbocycles. The molecule has 1 atom stereocenters. The average Bonchev–Trinajstić information content (AvgIpc) is 2.34. The molecule has 1 rings (SSSR count). The van der Waals surface area contributed by atoms with Crippen LogP contribution < -0.4 is 4.74 Å². The molecule has 18 heavy (non-hydrogen) atoms. The summed E-state index contributed by atoms with van der Waals surface area (Å²) in [6.07, 6.45) is -1.46. The van der Waals surface area contributed by atoms with Crippen molar-refractivity contribution < 1.29 is 17.9 Å². The molecule has 0 saturated carbocycles. The molecule has 0 aromatic heterocycles. The third-order valence-electron chi connectivity index (χ3n) is 3.13. The van der Waals surface area contributed by atoms with E-state index in [0.29, 0.717) is 5.75 Å². The Morgan fingerprint density at radius 3 is 2.33 bits per heavy atom. The van der Waals surface area contributed by atoms with Crippen LogP contribution in [0.25, 0.3) is 0 Å². The Hall–Kier alpha value is -1.19. The van der Waals surface area contributed by atoms with E-state index in [1.165, 1.54) is 7.11 Å². The van der Waals surface area contributed by atoms with Crippen molar-refractivity contribution in [2.24, 2.45) is 0 Å². The van der Waals surface area contributed by atoms with Gasteiger partial charge in [-0.05, 0) is 36.5 Å². The van der Waals surface area contributed by atoms with Gasteiger partial charge in [0.15, 0.2) is 0 Å². The number of ether oxygens (including phenoxy) is 1. The van der Waals surface area contributed by atoms with Gasteiger partial charge in [-0.3, -0.25) is 0 Å². The molecule has 1 nitrogen and oxygen atoms in total. The van der Waals surface area contributed by atoms with Gasteiger partial charge < -0.3 is 4.74 Å². The minimum atomic E-state index is -4.32. The van der Waals surface area contributed by atoms with Crippen molar-refractivity contribution in [2.75, 3.05) is 7.11 Å². The fourth-order valence-corrected chi connectivity index (χ4v) is 2.15. The minimum absolute atomic E-state index is 0.257. The smallest absolute Gasteiger partial charge is 0.416 e. The Morgan fingerprint density at radius 2 is 1.89 bits per heavy atom. The van der Waals surface area contributed by atoms with E-state index in [4.69, 9.17) is 4.74 Å². The summed E-state index contributed by atoms with van der Waals surface area (Å²) >= 11 is 0. The van der Waals surface area contributed by atoms with Crippen molar-refractivity contribution in [3.8, 4) is 5.75 Å². The van der Waals surface area contributed by atoms with E-state index in [-0.39, 0.29) is 5.92 Å². The van der Waals surface area contributed by atoms with Gasteiger partial charge in [0.1, 0.15) is 5.75 Å². The SMILES string of the molecule is CCCC(CC)c1ccc(C(F)(F)F)cc1OC. The van der Waals surface area contributed by atoms with E-state index < -0.39 is 11.7 Å². The average molecular weight is 260 g/mol. The summed E-state index contributed by atoms with van der Waals surface area (Å²) < 4.78 is 42.9. The lowest BCUT2D eigenvalue weighted by Gasteiger charge is -2.19. The predicted octanol–water partition coefficient (Wildman–Crippen LogP) is 5.01. The highest BCUT2D eigenvalue weighted by Crippen LogP contribution is 2.37. The third-order valence-corrected chi connectivity index (χ3v) is 3.13. The fraction of sp³-hybridized carbons (Fsp3) is 0.571. The molecule has 1 aromatic rings. The summed E-state index contributed by atoms with van der Waals surface area (Å²) in [4.78, 5) is 0. The minimum Gasteiger partial charge on any atom is -0.496 e. The van der Waals surface area contributed by atoms with Crippen LogP contribution in [0.4, 0.5) is 13.2 Å². The second-order valence-corrected chi connectivity index (χ2v) is 4.35. The highest BCUT2D eigenvalue weighted by Gasteiger charge is 2.31. The number of rotatable bonds is 5. The summed E-state index contributed by atoms with van der Waals surface area (Å²) in [5.41, 5.74) is 0.212. The first-order valence-electron chi connectivity index (χ1n) is 6.19. The molecule has 4 heteroatoms. The van der Waals surface area contributed by atoms with Crippen molar-refractivity contribution in [2.45, 2.75) is 45.2 Å². The number of halogens is 3. The molecule has 0 N–H and O–H groups in total. The van der Waals surface area contributed by atoms with E-state index >= 15 is 0 Å². The molecule has 0 spiro atoms. The zero-order chi connectivity index (χ0) is 13.8. The third kappa shape index (κ3) is 3.40. The van der Waals surface area contributed by atoms with E-state index in [9.17, 15) is 13.2 Å². The predicted molar refractivity (Wildman–Crippen MR) is 65.9 cm³/mol. The van der Waals surface area contributed by atoms with E-state index in [1.807, 2.05) is 6.92 Å². The molecule has 0 radical (unpaired) electrons. The summed E-state index contributed by atoms with van der Waals surface area (Å²) in [6.45, 7) is 4.11. The van der Waals surface area contributed by atoms with E-state index in [2.05, 4.69) is 6.92 Å². The monoisotopic (exact) mass is 260 g/mol. The van der Waals surface area contributed by atoms with Crippen molar-refractivity contribution in [3.05, 3.63) is 29.3 Å². The summed E-state index contributed by atoms with van der Waals surface area (Å²) in [5.74, 6) is 0.595. The normalized spacial score (nSPS) is 13.4. The Kier molecular flexibility index (Phi) is 5.05. The zero-order valence-corrected chi connectivity index (χ0v) is 11.0. The topological polar surface area (TPSA) is 9.23 Å². The number of methoxy groups -OCH3 is 1. The molecule has 102 valence electrons. The van der Waals surface area contributed by atoms with Crippen LogP contribution in [0.3, 0.4) is 0 Å². The van der Waals surface area contributed by atoms with Crippen LogP contribution in [0.15, 0.2) is 18.2 Å². The highest BCUT2D eigenvalue weighted by molar-refractivity contribution is 5.40. The van der Waals surface area contributed by atoms with Crippen LogP contribution in [0.1, 0.15) is 50.2 Å². The van der Waals surface area contributed by atoms with Crippen molar-refractivity contribution >= 4 is 0 Å². The van der Waals surface area contributed by atoms with E-state index in [0.717, 1.165) is 37.0 Å². The second kappa shape index (κ2) is 6.12. The molecule has 0 bridgehead atoms. The van der Waals surface area contributed by atoms with Gasteiger partial charge in [-0.25, -0.2) is 0 Å². The fourth-order valence-electron chi connectivity index (χ4n) is 2.15. The van der Waals surface area contributed by atoms with Crippen molar-refractivity contribution in [3.63, 3.8) is 0 Å². The largest absolute Gasteiger partial charge is 0.496 e. The van der Waals surface area contributed by atoms with E-state index in [1.54, 1.807) is 6.07 Å². The Bertz CT molecular complexity index is 385. The van der Waals surface area contributed by atoms with Crippen LogP contribution in [0.2, 0.25) is 0 Å². The Balaban J connectivity index is 3.14. The van der Waals surface area contributed by atoms with Gasteiger partial charge in [0.05, 0.1) is 12.7 Å². The lowest BCUT2D eigenvalue weighted by Crippen LogP contribution is -2.07. The number of hydrogen-bond acceptors (Lipinski definition) is 1. The first kappa shape index (κ1) is 14.9. The summed E-state index contributed by atoms with van der Waals surface area (Å²) in [7, 11) is 1.41. The van der Waals surface area contributed by atoms with Gasteiger partial charge in [-0.2, -0.15) is 13.2 Å². The Morgan fingerprint density at radius 1 is 1.22 bits per heavy atom. The molecule has 0 aliphatic rings. The quantitative estimate of drug-likeness (QED) is 0.723. The first-order chi connectivity index (χ1) is 8.43. The first-order valence-corrected chi connectivity index (χ1v) is 6.19. The molecule has 0 aliphatic carbocycles. The van der Waals surface area contributed by atoms with Gasteiger partial charge in [-0.15, -0.1) is 0 Å². The van der Waals surface area contributed by atoms with Gasteiger partial charge in [0.2, 0.25) is 0 Å². The Labute approximate surface area is 106 Å². The molecular formula is C14H19F3O. The second-order valence-electron chi connectivity index (χ2n) is 4.35. The summed E-state index contributed by atoms with van der Waals surface area (Å²) in [5, 5.41) is 0. The van der Waals surface area contributed by atoms with Crippen LogP contribution >= 0.6 is 0 Å². The maximum Gasteiger partial charge on any atom is 0.416 e. The molecule has 0 aliphatic heterocycles. The lowest BCUT2D eigenvalue weighted by atomic mass is 9.90. The number of alkyl halides is 3. The molecule has 0 saturated heterocycles. The molecule has 0 heterocycles. The van der Waals surface area contributed by atoms with Crippen LogP contribution in [-0.4, -0.2) is 7.11 Å². The van der Waals surface area contributed by atoms with Gasteiger partial charge >= 0.3 is 6.18 Å². The van der Waals surface area contributed by atoms with Crippen LogP contribution in [0, 0.1) is 0 Å². The van der Waals surface area contributed by atoms with Crippen LogP contribution in [0.5, 0.6) is 5.75 Å². The summed E-state index contributed by atoms with van der Waals surface area (Å²) in [6, 6.07) is 3.77. The van der Waals surface area contributed by atoms with Gasteiger partial charge in [0.25, 0.3) is 0 Å². The molecule has 0 amide bonds. The molecular weight excluding hydrogens is 241 g/mol. The van der Waals surface area contributed by atoms with Gasteiger partial charge in [-0.1, -0.05) is 26.3 Å². The number of benzene rings is 1. The maximum atomic E-state index is 12.6. The molecule has 0 fully saturated rings. The highest BCUT2D eigenvalue weighted by atomic mass is 19.4. The van der Waals surface area contributed by atoms with Crippen molar-refractivity contribution in [1.82, 2.24) is 0 Å². The standard InChI is InChI=1S/C14H19F3O/c1-4-6-10(5-2)12-8-7-11(14(15,16)17)9-13(12)18-3/h7-10H,4-6H2,1-3H3. The maximum absolute atomic E-state index is 12.6. The van der Waals surface area contributed by atoms with Crippen LogP contribution in [-0.2, 0) is 6.18 Å². The molecule has 1 unspecified atom stereocenters. The van der Waals surface area contributed by atoms with Crippen molar-refractivity contribution in [1.29, 1.82) is 0 Å². The lowest BCUT2D eigenvalue weighted by molar-refractivity contribution is -0.137.